The van der Waals surface area contributed by atoms with Gasteiger partial charge in [-0.15, -0.1) is 0 Å². The van der Waals surface area contributed by atoms with E-state index in [1.807, 2.05) is 13.8 Å². The number of carboxylic acid groups (broad SMARTS) is 2. The maximum absolute atomic E-state index is 10.8. The Bertz CT molecular complexity index is 225. The minimum Gasteiger partial charge on any atom is -1.00 e. The molecule has 0 aromatic carbocycles. The zero-order chi connectivity index (χ0) is 12.0. The Morgan fingerprint density at radius 2 is 1.62 bits per heavy atom. The van der Waals surface area contributed by atoms with Crippen molar-refractivity contribution in [1.82, 2.24) is 0 Å². The Morgan fingerprint density at radius 1 is 1.19 bits per heavy atom. The molecule has 0 saturated heterocycles. The number of hydrogen-bond donors (Lipinski definition) is 2. The second-order valence-corrected chi connectivity index (χ2v) is 3.97. The Kier molecular flexibility index (Phi) is 11.2. The van der Waals surface area contributed by atoms with Gasteiger partial charge in [0, 0.05) is 0 Å². The third-order valence-corrected chi connectivity index (χ3v) is 2.99. The van der Waals surface area contributed by atoms with Crippen molar-refractivity contribution in [2.45, 2.75) is 40.0 Å². The first-order valence-electron chi connectivity index (χ1n) is 5.41. The summed E-state index contributed by atoms with van der Waals surface area (Å²) in [5, 5.41) is 17.7. The van der Waals surface area contributed by atoms with Gasteiger partial charge in [-0.3, -0.25) is 9.59 Å². The van der Waals surface area contributed by atoms with Crippen LogP contribution < -0.4 is 0 Å². The molecule has 0 saturated carbocycles. The molecule has 92 valence electrons. The van der Waals surface area contributed by atoms with E-state index in [2.05, 4.69) is 0 Å². The van der Waals surface area contributed by atoms with Crippen LogP contribution in [0.2, 0.25) is 0 Å². The second-order valence-electron chi connectivity index (χ2n) is 3.97. The largest absolute Gasteiger partial charge is 2.00 e. The maximum Gasteiger partial charge on any atom is 2.00 e. The molecule has 0 bridgehead atoms. The first kappa shape index (κ1) is 18.9. The fourth-order valence-corrected chi connectivity index (χ4v) is 2.04. The quantitative estimate of drug-likeness (QED) is 0.541. The summed E-state index contributed by atoms with van der Waals surface area (Å²) < 4.78 is 0. The molecule has 16 heavy (non-hydrogen) atoms. The van der Waals surface area contributed by atoms with Crippen molar-refractivity contribution in [3.63, 3.8) is 0 Å². The zero-order valence-electron chi connectivity index (χ0n) is 12.3. The van der Waals surface area contributed by atoms with Gasteiger partial charge in [0.05, 0.1) is 0 Å². The van der Waals surface area contributed by atoms with Gasteiger partial charge in [0.2, 0.25) is 0 Å². The van der Waals surface area contributed by atoms with Crippen LogP contribution in [0.1, 0.15) is 42.9 Å². The van der Waals surface area contributed by atoms with E-state index >= 15 is 0 Å². The molecule has 0 radical (unpaired) electrons. The van der Waals surface area contributed by atoms with E-state index in [0.717, 1.165) is 19.3 Å². The van der Waals surface area contributed by atoms with E-state index in [9.17, 15) is 9.59 Å². The van der Waals surface area contributed by atoms with E-state index in [-0.39, 0.29) is 63.6 Å². The number of carbonyl (C=O) groups is 2. The van der Waals surface area contributed by atoms with Gasteiger partial charge in [-0.2, -0.15) is 0 Å². The third-order valence-electron chi connectivity index (χ3n) is 2.99. The minimum atomic E-state index is -1.28. The van der Waals surface area contributed by atoms with Crippen LogP contribution in [-0.2, 0) is 9.59 Å². The number of hydrogen-bond acceptors (Lipinski definition) is 2. The molecular formula is C11H22BaO4. The van der Waals surface area contributed by atoms with Crippen molar-refractivity contribution >= 4 is 60.8 Å². The van der Waals surface area contributed by atoms with E-state index in [1.165, 1.54) is 0 Å². The van der Waals surface area contributed by atoms with Crippen LogP contribution in [0, 0.1) is 17.8 Å². The average molecular weight is 356 g/mol. The van der Waals surface area contributed by atoms with E-state index < -0.39 is 17.9 Å². The summed E-state index contributed by atoms with van der Waals surface area (Å²) in [5.74, 6) is -3.88. The molecule has 0 aliphatic carbocycles. The molecule has 0 spiro atoms. The zero-order valence-corrected chi connectivity index (χ0v) is 14.7. The fraction of sp³-hybridized carbons (Fsp3) is 0.818. The average Bonchev–Trinajstić information content (AvgIpc) is 2.12. The summed E-state index contributed by atoms with van der Waals surface area (Å²) in [4.78, 5) is 21.7. The summed E-state index contributed by atoms with van der Waals surface area (Å²) in [5.41, 5.74) is 0. The third kappa shape index (κ3) is 5.72. The molecule has 0 aromatic heterocycles. The molecule has 4 nitrogen and oxygen atoms in total. The normalized spacial score (nSPS) is 14.0. The summed E-state index contributed by atoms with van der Waals surface area (Å²) in [6, 6.07) is 0. The second kappa shape index (κ2) is 9.53. The van der Waals surface area contributed by atoms with Gasteiger partial charge in [-0.05, 0) is 11.8 Å². The van der Waals surface area contributed by atoms with Crippen LogP contribution in [0.4, 0.5) is 0 Å². The molecule has 0 aromatic rings. The van der Waals surface area contributed by atoms with Gasteiger partial charge in [-0.1, -0.05) is 40.0 Å². The molecule has 0 fully saturated rings. The van der Waals surface area contributed by atoms with Crippen molar-refractivity contribution in [2.75, 3.05) is 0 Å². The van der Waals surface area contributed by atoms with Crippen molar-refractivity contribution in [3.8, 4) is 0 Å². The molecular weight excluding hydrogens is 333 g/mol. The van der Waals surface area contributed by atoms with Crippen molar-refractivity contribution in [1.29, 1.82) is 0 Å². The van der Waals surface area contributed by atoms with Gasteiger partial charge < -0.3 is 13.1 Å². The van der Waals surface area contributed by atoms with Gasteiger partial charge in [0.15, 0.2) is 5.92 Å². The smallest absolute Gasteiger partial charge is 1.00 e. The van der Waals surface area contributed by atoms with E-state index in [1.54, 1.807) is 6.92 Å². The molecule has 0 rings (SSSR count). The predicted octanol–water partition coefficient (Wildman–Crippen LogP) is 2.08. The minimum absolute atomic E-state index is 0. The maximum atomic E-state index is 10.8. The van der Waals surface area contributed by atoms with Gasteiger partial charge in [0.1, 0.15) is 0 Å². The van der Waals surface area contributed by atoms with Gasteiger partial charge in [0.25, 0.3) is 0 Å². The predicted molar refractivity (Wildman–Crippen MR) is 64.6 cm³/mol. The standard InChI is InChI=1S/C11H20O4.Ba.2H/c1-4-6-8(5-2)7(3)9(10(12)13)11(14)15;;;/h7-9H,4-6H2,1-3H3,(H,12,13)(H,14,15);;;/q;+2;2*-1. The van der Waals surface area contributed by atoms with Crippen LogP contribution in [-0.4, -0.2) is 71.0 Å². The van der Waals surface area contributed by atoms with Crippen molar-refractivity contribution in [3.05, 3.63) is 0 Å². The molecule has 0 aliphatic rings. The molecule has 2 atom stereocenters. The van der Waals surface area contributed by atoms with Crippen LogP contribution in [0.15, 0.2) is 0 Å². The molecule has 0 heterocycles. The number of aliphatic carboxylic acids is 2. The first-order chi connectivity index (χ1) is 6.95. The summed E-state index contributed by atoms with van der Waals surface area (Å²) in [6.45, 7) is 5.71. The Labute approximate surface area is 140 Å². The summed E-state index contributed by atoms with van der Waals surface area (Å²) in [6.07, 6.45) is 2.66. The number of carboxylic acids is 2. The van der Waals surface area contributed by atoms with E-state index in [4.69, 9.17) is 10.2 Å². The van der Waals surface area contributed by atoms with Crippen LogP contribution in [0.5, 0.6) is 0 Å². The number of rotatable bonds is 7. The molecule has 2 unspecified atom stereocenters. The summed E-state index contributed by atoms with van der Waals surface area (Å²) >= 11 is 0. The molecule has 0 aliphatic heterocycles. The van der Waals surface area contributed by atoms with Crippen LogP contribution >= 0.6 is 0 Å². The molecule has 0 amide bonds. The Morgan fingerprint density at radius 3 is 1.88 bits per heavy atom. The van der Waals surface area contributed by atoms with Crippen molar-refractivity contribution < 1.29 is 22.7 Å². The Balaban J connectivity index is -0.000000327. The van der Waals surface area contributed by atoms with Crippen LogP contribution in [0.3, 0.4) is 0 Å². The van der Waals surface area contributed by atoms with Crippen LogP contribution in [0.25, 0.3) is 0 Å². The van der Waals surface area contributed by atoms with E-state index in [0.29, 0.717) is 0 Å². The SMILES string of the molecule is CCCC(CC)C(C)C(C(=O)O)C(=O)O.[Ba+2].[H-].[H-]. The van der Waals surface area contributed by atoms with Gasteiger partial charge >= 0.3 is 60.8 Å². The fourth-order valence-electron chi connectivity index (χ4n) is 2.04. The van der Waals surface area contributed by atoms with Crippen molar-refractivity contribution in [2.24, 2.45) is 17.8 Å². The molecule has 5 heteroatoms. The topological polar surface area (TPSA) is 74.6 Å². The van der Waals surface area contributed by atoms with Gasteiger partial charge in [-0.25, -0.2) is 0 Å². The Hall–Kier alpha value is 0.511. The summed E-state index contributed by atoms with van der Waals surface area (Å²) in [7, 11) is 0. The monoisotopic (exact) mass is 356 g/mol. The molecule has 2 N–H and O–H groups in total. The first-order valence-corrected chi connectivity index (χ1v) is 5.41.